The predicted molar refractivity (Wildman–Crippen MR) is 243 cm³/mol. The zero-order valence-corrected chi connectivity index (χ0v) is 31.8. The van der Waals surface area contributed by atoms with Crippen molar-refractivity contribution in [1.82, 2.24) is 9.13 Å². The number of fused-ring (bicyclic) bond motifs is 10. The Labute approximate surface area is 336 Å². The Kier molecular flexibility index (Phi) is 7.29. The van der Waals surface area contributed by atoms with E-state index in [1.165, 1.54) is 77.0 Å². The van der Waals surface area contributed by atoms with Crippen LogP contribution in [0.4, 0.5) is 17.1 Å². The van der Waals surface area contributed by atoms with Gasteiger partial charge in [-0.1, -0.05) is 133 Å². The van der Waals surface area contributed by atoms with Gasteiger partial charge in [-0.25, -0.2) is 0 Å². The van der Waals surface area contributed by atoms with Gasteiger partial charge in [0.15, 0.2) is 0 Å². The average molecular weight is 740 g/mol. The zero-order valence-electron chi connectivity index (χ0n) is 31.8. The third-order valence-electron chi connectivity index (χ3n) is 12.1. The van der Waals surface area contributed by atoms with Gasteiger partial charge < -0.3 is 14.0 Å². The molecule has 0 amide bonds. The van der Waals surface area contributed by atoms with E-state index in [2.05, 4.69) is 226 Å². The summed E-state index contributed by atoms with van der Waals surface area (Å²) in [6.07, 6.45) is 0.966. The van der Waals surface area contributed by atoms with E-state index >= 15 is 0 Å². The lowest BCUT2D eigenvalue weighted by molar-refractivity contribution is 1.17. The van der Waals surface area contributed by atoms with Gasteiger partial charge in [0.25, 0.3) is 0 Å². The van der Waals surface area contributed by atoms with Crippen LogP contribution < -0.4 is 4.90 Å². The van der Waals surface area contributed by atoms with Gasteiger partial charge in [0.05, 0.1) is 22.1 Å². The van der Waals surface area contributed by atoms with E-state index in [0.29, 0.717) is 0 Å². The van der Waals surface area contributed by atoms with E-state index in [9.17, 15) is 0 Å². The van der Waals surface area contributed by atoms with Gasteiger partial charge >= 0.3 is 0 Å². The number of nitrogens with zero attached hydrogens (tertiary/aromatic N) is 3. The Morgan fingerprint density at radius 2 is 0.966 bits per heavy atom. The summed E-state index contributed by atoms with van der Waals surface area (Å²) in [5, 5.41) is 4.93. The average Bonchev–Trinajstić information content (AvgIpc) is 3.95. The van der Waals surface area contributed by atoms with Crippen LogP contribution in [0.25, 0.3) is 77.2 Å². The Bertz CT molecular complexity index is 3300. The number of benzene rings is 9. The minimum atomic E-state index is 0.966. The molecular weight excluding hydrogens is 703 g/mol. The Hall–Kier alpha value is -7.62. The molecule has 0 bridgehead atoms. The fourth-order valence-electron chi connectivity index (χ4n) is 9.63. The smallest absolute Gasteiger partial charge is 0.0641 e. The fourth-order valence-corrected chi connectivity index (χ4v) is 9.63. The van der Waals surface area contributed by atoms with Crippen molar-refractivity contribution in [3.05, 3.63) is 223 Å². The summed E-state index contributed by atoms with van der Waals surface area (Å²) < 4.78 is 4.93. The van der Waals surface area contributed by atoms with Crippen molar-refractivity contribution in [2.75, 3.05) is 4.90 Å². The van der Waals surface area contributed by atoms with Gasteiger partial charge in [0.1, 0.15) is 0 Å². The largest absolute Gasteiger partial charge is 0.310 e. The zero-order chi connectivity index (χ0) is 38.2. The van der Waals surface area contributed by atoms with Gasteiger partial charge in [-0.15, -0.1) is 0 Å². The van der Waals surface area contributed by atoms with Gasteiger partial charge in [0, 0.05) is 50.0 Å². The summed E-state index contributed by atoms with van der Waals surface area (Å²) >= 11 is 0. The lowest BCUT2D eigenvalue weighted by Crippen LogP contribution is -2.09. The minimum absolute atomic E-state index is 0.966. The molecule has 1 aliphatic carbocycles. The summed E-state index contributed by atoms with van der Waals surface area (Å²) in [7, 11) is 0. The molecule has 3 nitrogen and oxygen atoms in total. The van der Waals surface area contributed by atoms with Crippen LogP contribution in [0.3, 0.4) is 0 Å². The minimum Gasteiger partial charge on any atom is -0.310 e. The second kappa shape index (κ2) is 13.0. The van der Waals surface area contributed by atoms with Crippen LogP contribution in [-0.2, 0) is 6.42 Å². The molecule has 0 saturated heterocycles. The first-order valence-corrected chi connectivity index (χ1v) is 20.1. The molecule has 0 spiro atoms. The molecular formula is C55H37N3. The molecule has 0 N–H and O–H groups in total. The molecule has 0 saturated carbocycles. The van der Waals surface area contributed by atoms with Crippen molar-refractivity contribution >= 4 is 60.7 Å². The summed E-state index contributed by atoms with van der Waals surface area (Å²) in [5.41, 5.74) is 18.5. The number of aromatic nitrogens is 2. The van der Waals surface area contributed by atoms with Crippen molar-refractivity contribution in [3.63, 3.8) is 0 Å². The molecule has 0 fully saturated rings. The number of anilines is 3. The van der Waals surface area contributed by atoms with Crippen molar-refractivity contribution in [2.24, 2.45) is 0 Å². The molecule has 58 heavy (non-hydrogen) atoms. The molecule has 1 aliphatic rings. The number of rotatable bonds is 6. The molecule has 9 aromatic carbocycles. The van der Waals surface area contributed by atoms with E-state index in [4.69, 9.17) is 0 Å². The molecule has 11 aromatic rings. The first kappa shape index (κ1) is 32.6. The molecule has 12 rings (SSSR count). The van der Waals surface area contributed by atoms with Crippen LogP contribution in [0.5, 0.6) is 0 Å². The van der Waals surface area contributed by atoms with Gasteiger partial charge in [-0.05, 0) is 119 Å². The lowest BCUT2D eigenvalue weighted by Gasteiger charge is -2.25. The van der Waals surface area contributed by atoms with Crippen molar-refractivity contribution < 1.29 is 0 Å². The van der Waals surface area contributed by atoms with Crippen molar-refractivity contribution in [2.45, 2.75) is 6.42 Å². The van der Waals surface area contributed by atoms with E-state index in [1.54, 1.807) is 0 Å². The summed E-state index contributed by atoms with van der Waals surface area (Å²) in [6.45, 7) is 0. The van der Waals surface area contributed by atoms with Gasteiger partial charge in [0.2, 0.25) is 0 Å². The highest BCUT2D eigenvalue weighted by atomic mass is 15.1. The topological polar surface area (TPSA) is 13.1 Å². The lowest BCUT2D eigenvalue weighted by atomic mass is 9.95. The van der Waals surface area contributed by atoms with Crippen molar-refractivity contribution in [3.8, 4) is 33.6 Å². The highest BCUT2D eigenvalue weighted by Crippen LogP contribution is 2.46. The summed E-state index contributed by atoms with van der Waals surface area (Å²) in [6, 6.07) is 77.5. The van der Waals surface area contributed by atoms with Crippen LogP contribution >= 0.6 is 0 Å². The molecule has 0 unspecified atom stereocenters. The van der Waals surface area contributed by atoms with Crippen LogP contribution in [-0.4, -0.2) is 9.13 Å². The normalized spacial score (nSPS) is 12.1. The molecule has 0 aliphatic heterocycles. The third-order valence-corrected chi connectivity index (χ3v) is 12.1. The fraction of sp³-hybridized carbons (Fsp3) is 0.0182. The highest BCUT2D eigenvalue weighted by Gasteiger charge is 2.24. The highest BCUT2D eigenvalue weighted by molar-refractivity contribution is 6.26. The molecule has 3 heteroatoms. The second-order valence-electron chi connectivity index (χ2n) is 15.3. The van der Waals surface area contributed by atoms with Gasteiger partial charge in [-0.2, -0.15) is 0 Å². The van der Waals surface area contributed by atoms with E-state index in [1.807, 2.05) is 0 Å². The molecule has 2 heterocycles. The summed E-state index contributed by atoms with van der Waals surface area (Å²) in [5.74, 6) is 0. The maximum atomic E-state index is 2.50. The van der Waals surface area contributed by atoms with E-state index < -0.39 is 0 Å². The quantitative estimate of drug-likeness (QED) is 0.165. The SMILES string of the molecule is c1ccc(N(c2ccccc2)c2ccc3c(c2)c2c(ccc4c5ccccc5n(-c5ccc(-c6cccc7c6Cc6ccccc6-7)cc5)c42)n3-c2ccccc2)cc1. The van der Waals surface area contributed by atoms with Crippen LogP contribution in [0.2, 0.25) is 0 Å². The Balaban J connectivity index is 1.12. The molecule has 272 valence electrons. The predicted octanol–water partition coefficient (Wildman–Crippen LogP) is 14.6. The number of para-hydroxylation sites is 4. The first-order chi connectivity index (χ1) is 28.8. The molecule has 0 atom stereocenters. The Morgan fingerprint density at radius 1 is 0.362 bits per heavy atom. The molecule has 0 radical (unpaired) electrons. The van der Waals surface area contributed by atoms with Gasteiger partial charge in [-0.3, -0.25) is 0 Å². The number of hydrogen-bond donors (Lipinski definition) is 0. The van der Waals surface area contributed by atoms with E-state index in [0.717, 1.165) is 34.9 Å². The van der Waals surface area contributed by atoms with Crippen LogP contribution in [0.1, 0.15) is 11.1 Å². The maximum absolute atomic E-state index is 2.50. The number of hydrogen-bond acceptors (Lipinski definition) is 1. The maximum Gasteiger partial charge on any atom is 0.0641 e. The summed E-state index contributed by atoms with van der Waals surface area (Å²) in [4.78, 5) is 2.36. The third kappa shape index (κ3) is 4.93. The first-order valence-electron chi connectivity index (χ1n) is 20.1. The second-order valence-corrected chi connectivity index (χ2v) is 15.3. The van der Waals surface area contributed by atoms with Crippen LogP contribution in [0.15, 0.2) is 212 Å². The standard InChI is InChI=1S/C55H37N3/c1-4-16-39(17-5-1)56(40-18-6-2-7-19-40)43-31-33-52-50(36-43)54-53(57(52)41-20-8-3-9-21-41)34-32-48-47-23-12-13-26-51(47)58(55(48)54)42-29-27-37(28-30-42)44-24-14-25-46-45-22-11-10-15-38(45)35-49(44)46/h1-34,36H,35H2. The monoisotopic (exact) mass is 739 g/mol. The van der Waals surface area contributed by atoms with Crippen molar-refractivity contribution in [1.29, 1.82) is 0 Å². The molecule has 2 aromatic heterocycles. The van der Waals surface area contributed by atoms with E-state index in [-0.39, 0.29) is 0 Å². The van der Waals surface area contributed by atoms with Crippen LogP contribution in [0, 0.1) is 0 Å². The Morgan fingerprint density at radius 3 is 1.74 bits per heavy atom.